The van der Waals surface area contributed by atoms with Crippen molar-refractivity contribution >= 4 is 5.91 Å². The van der Waals surface area contributed by atoms with Crippen LogP contribution in [-0.2, 0) is 6.42 Å². The average Bonchev–Trinajstić information content (AvgIpc) is 2.64. The first-order valence-corrected chi connectivity index (χ1v) is 8.48. The molecule has 5 nitrogen and oxygen atoms in total. The Hall–Kier alpha value is -2.69. The van der Waals surface area contributed by atoms with E-state index in [4.69, 9.17) is 14.2 Å². The summed E-state index contributed by atoms with van der Waals surface area (Å²) in [6, 6.07) is 13.1. The lowest BCUT2D eigenvalue weighted by Gasteiger charge is -2.12. The minimum absolute atomic E-state index is 0.127. The summed E-state index contributed by atoms with van der Waals surface area (Å²) >= 11 is 0. The molecule has 2 aromatic carbocycles. The molecule has 0 spiro atoms. The first kappa shape index (κ1) is 18.6. The molecule has 25 heavy (non-hydrogen) atoms. The summed E-state index contributed by atoms with van der Waals surface area (Å²) in [5, 5.41) is 2.93. The van der Waals surface area contributed by atoms with E-state index in [0.29, 0.717) is 36.8 Å². The van der Waals surface area contributed by atoms with Crippen molar-refractivity contribution in [2.45, 2.75) is 20.3 Å². The summed E-state index contributed by atoms with van der Waals surface area (Å²) in [4.78, 5) is 12.3. The summed E-state index contributed by atoms with van der Waals surface area (Å²) in [6.07, 6.45) is 0.755. The lowest BCUT2D eigenvalue weighted by Crippen LogP contribution is -2.25. The Labute approximate surface area is 148 Å². The standard InChI is InChI=1S/C20H25NO4/c1-4-24-18-11-8-16(14-19(18)25-5-2)20(22)21-13-12-15-6-9-17(23-3)10-7-15/h6-11,14H,4-5,12-13H2,1-3H3,(H,21,22). The van der Waals surface area contributed by atoms with E-state index in [9.17, 15) is 4.79 Å². The third kappa shape index (κ3) is 5.41. The average molecular weight is 343 g/mol. The van der Waals surface area contributed by atoms with E-state index in [1.54, 1.807) is 25.3 Å². The van der Waals surface area contributed by atoms with Gasteiger partial charge in [-0.1, -0.05) is 12.1 Å². The van der Waals surface area contributed by atoms with E-state index >= 15 is 0 Å². The van der Waals surface area contributed by atoms with Gasteiger partial charge in [-0.3, -0.25) is 4.79 Å². The van der Waals surface area contributed by atoms with Crippen LogP contribution in [0.25, 0.3) is 0 Å². The predicted molar refractivity (Wildman–Crippen MR) is 97.8 cm³/mol. The lowest BCUT2D eigenvalue weighted by atomic mass is 10.1. The molecule has 0 heterocycles. The molecule has 0 bridgehead atoms. The molecule has 0 saturated carbocycles. The number of ether oxygens (including phenoxy) is 3. The first-order chi connectivity index (χ1) is 12.2. The van der Waals surface area contributed by atoms with E-state index in [-0.39, 0.29) is 5.91 Å². The zero-order chi connectivity index (χ0) is 18.1. The fourth-order valence-corrected chi connectivity index (χ4v) is 2.41. The molecule has 1 amide bonds. The van der Waals surface area contributed by atoms with Gasteiger partial charge in [-0.15, -0.1) is 0 Å². The first-order valence-electron chi connectivity index (χ1n) is 8.48. The number of carbonyl (C=O) groups excluding carboxylic acids is 1. The zero-order valence-corrected chi connectivity index (χ0v) is 15.0. The molecular weight excluding hydrogens is 318 g/mol. The quantitative estimate of drug-likeness (QED) is 0.757. The van der Waals surface area contributed by atoms with E-state index in [0.717, 1.165) is 17.7 Å². The Kier molecular flexibility index (Phi) is 7.14. The minimum Gasteiger partial charge on any atom is -0.497 e. The maximum absolute atomic E-state index is 12.3. The van der Waals surface area contributed by atoms with Crippen LogP contribution in [0.2, 0.25) is 0 Å². The van der Waals surface area contributed by atoms with Gasteiger partial charge in [0.1, 0.15) is 5.75 Å². The van der Waals surface area contributed by atoms with Gasteiger partial charge in [0.05, 0.1) is 20.3 Å². The Balaban J connectivity index is 1.94. The summed E-state index contributed by atoms with van der Waals surface area (Å²) in [5.74, 6) is 1.94. The molecule has 0 unspecified atom stereocenters. The molecule has 134 valence electrons. The normalized spacial score (nSPS) is 10.2. The SMILES string of the molecule is CCOc1ccc(C(=O)NCCc2ccc(OC)cc2)cc1OCC. The fraction of sp³-hybridized carbons (Fsp3) is 0.350. The Morgan fingerprint density at radius 3 is 2.28 bits per heavy atom. The van der Waals surface area contributed by atoms with Crippen molar-refractivity contribution in [2.75, 3.05) is 26.9 Å². The van der Waals surface area contributed by atoms with Crippen LogP contribution >= 0.6 is 0 Å². The number of methoxy groups -OCH3 is 1. The van der Waals surface area contributed by atoms with Crippen LogP contribution < -0.4 is 19.5 Å². The van der Waals surface area contributed by atoms with Gasteiger partial charge >= 0.3 is 0 Å². The highest BCUT2D eigenvalue weighted by atomic mass is 16.5. The fourth-order valence-electron chi connectivity index (χ4n) is 2.41. The van der Waals surface area contributed by atoms with E-state index in [1.807, 2.05) is 38.1 Å². The van der Waals surface area contributed by atoms with E-state index < -0.39 is 0 Å². The van der Waals surface area contributed by atoms with Gasteiger partial charge in [0.15, 0.2) is 11.5 Å². The predicted octanol–water partition coefficient (Wildman–Crippen LogP) is 3.47. The molecule has 5 heteroatoms. The van der Waals surface area contributed by atoms with Crippen molar-refractivity contribution in [3.05, 3.63) is 53.6 Å². The molecule has 1 N–H and O–H groups in total. The van der Waals surface area contributed by atoms with Gasteiger partial charge in [0.2, 0.25) is 0 Å². The van der Waals surface area contributed by atoms with Crippen molar-refractivity contribution in [1.29, 1.82) is 0 Å². The van der Waals surface area contributed by atoms with Crippen LogP contribution in [0.15, 0.2) is 42.5 Å². The van der Waals surface area contributed by atoms with Gasteiger partial charge in [-0.05, 0) is 56.2 Å². The van der Waals surface area contributed by atoms with Gasteiger partial charge in [-0.2, -0.15) is 0 Å². The number of amides is 1. The summed E-state index contributed by atoms with van der Waals surface area (Å²) in [6.45, 7) is 5.44. The van der Waals surface area contributed by atoms with Crippen molar-refractivity contribution < 1.29 is 19.0 Å². The summed E-state index contributed by atoms with van der Waals surface area (Å²) < 4.78 is 16.2. The highest BCUT2D eigenvalue weighted by Crippen LogP contribution is 2.28. The smallest absolute Gasteiger partial charge is 0.251 e. The number of hydrogen-bond acceptors (Lipinski definition) is 4. The molecule has 0 radical (unpaired) electrons. The lowest BCUT2D eigenvalue weighted by molar-refractivity contribution is 0.0953. The second-order valence-electron chi connectivity index (χ2n) is 5.38. The molecule has 0 aromatic heterocycles. The zero-order valence-electron chi connectivity index (χ0n) is 15.0. The monoisotopic (exact) mass is 343 g/mol. The number of carbonyl (C=O) groups is 1. The maximum Gasteiger partial charge on any atom is 0.251 e. The van der Waals surface area contributed by atoms with Gasteiger partial charge < -0.3 is 19.5 Å². The Morgan fingerprint density at radius 1 is 0.960 bits per heavy atom. The molecule has 0 aliphatic carbocycles. The van der Waals surface area contributed by atoms with Crippen LogP contribution in [-0.4, -0.2) is 32.8 Å². The van der Waals surface area contributed by atoms with E-state index in [1.165, 1.54) is 0 Å². The van der Waals surface area contributed by atoms with Crippen molar-refractivity contribution in [3.63, 3.8) is 0 Å². The minimum atomic E-state index is -0.127. The molecule has 2 aromatic rings. The number of benzene rings is 2. The van der Waals surface area contributed by atoms with E-state index in [2.05, 4.69) is 5.32 Å². The van der Waals surface area contributed by atoms with Gasteiger partial charge in [0, 0.05) is 12.1 Å². The summed E-state index contributed by atoms with van der Waals surface area (Å²) in [7, 11) is 1.64. The maximum atomic E-state index is 12.3. The number of nitrogens with one attached hydrogen (secondary N) is 1. The largest absolute Gasteiger partial charge is 0.497 e. The molecular formula is C20H25NO4. The third-order valence-corrected chi connectivity index (χ3v) is 3.66. The Morgan fingerprint density at radius 2 is 1.64 bits per heavy atom. The van der Waals surface area contributed by atoms with Crippen LogP contribution in [0.1, 0.15) is 29.8 Å². The van der Waals surface area contributed by atoms with Crippen molar-refractivity contribution in [1.82, 2.24) is 5.32 Å². The topological polar surface area (TPSA) is 56.8 Å². The van der Waals surface area contributed by atoms with Crippen molar-refractivity contribution in [3.8, 4) is 17.2 Å². The molecule has 2 rings (SSSR count). The highest BCUT2D eigenvalue weighted by molar-refractivity contribution is 5.94. The third-order valence-electron chi connectivity index (χ3n) is 3.66. The molecule has 0 aliphatic rings. The second kappa shape index (κ2) is 9.57. The molecule has 0 saturated heterocycles. The molecule has 0 aliphatic heterocycles. The summed E-state index contributed by atoms with van der Waals surface area (Å²) in [5.41, 5.74) is 1.70. The van der Waals surface area contributed by atoms with Crippen LogP contribution in [0, 0.1) is 0 Å². The van der Waals surface area contributed by atoms with Crippen LogP contribution in [0.3, 0.4) is 0 Å². The van der Waals surface area contributed by atoms with Gasteiger partial charge in [-0.25, -0.2) is 0 Å². The Bertz CT molecular complexity index is 683. The molecule has 0 atom stereocenters. The number of rotatable bonds is 9. The molecule has 0 fully saturated rings. The second-order valence-corrected chi connectivity index (χ2v) is 5.38. The van der Waals surface area contributed by atoms with Crippen LogP contribution in [0.5, 0.6) is 17.2 Å². The highest BCUT2D eigenvalue weighted by Gasteiger charge is 2.11. The van der Waals surface area contributed by atoms with Gasteiger partial charge in [0.25, 0.3) is 5.91 Å². The van der Waals surface area contributed by atoms with Crippen LogP contribution in [0.4, 0.5) is 0 Å². The number of hydrogen-bond donors (Lipinski definition) is 1. The van der Waals surface area contributed by atoms with Crippen molar-refractivity contribution in [2.24, 2.45) is 0 Å².